The van der Waals surface area contributed by atoms with E-state index in [4.69, 9.17) is 62.6 Å². The highest BCUT2D eigenvalue weighted by atomic mass is 35.5. The van der Waals surface area contributed by atoms with Gasteiger partial charge in [0.2, 0.25) is 5.91 Å². The largest absolute Gasteiger partial charge is 0.355 e. The molecule has 0 aromatic heterocycles. The molecule has 0 saturated carbocycles. The molecule has 0 aliphatic rings. The van der Waals surface area contributed by atoms with Gasteiger partial charge < -0.3 is 15.1 Å². The highest BCUT2D eigenvalue weighted by Crippen LogP contribution is 2.20. The summed E-state index contributed by atoms with van der Waals surface area (Å²) in [6.07, 6.45) is 43.4. The monoisotopic (exact) mass is 1270 g/mol. The van der Waals surface area contributed by atoms with E-state index in [0.717, 1.165) is 111 Å². The van der Waals surface area contributed by atoms with E-state index in [1.54, 1.807) is 0 Å². The van der Waals surface area contributed by atoms with Crippen LogP contribution in [0.1, 0.15) is 272 Å². The molecular formula is C65H131Cl5N6O4S. The molecule has 0 radical (unpaired) electrons. The number of halogens is 5. The number of carbonyl (C=O) groups excluding carboxylic acids is 1. The van der Waals surface area contributed by atoms with Crippen molar-refractivity contribution in [3.05, 3.63) is 0 Å². The van der Waals surface area contributed by atoms with E-state index in [2.05, 4.69) is 59.5 Å². The van der Waals surface area contributed by atoms with Crippen LogP contribution in [0.5, 0.6) is 0 Å². The Morgan fingerprint density at radius 1 is 0.370 bits per heavy atom. The van der Waals surface area contributed by atoms with Gasteiger partial charge in [-0.1, -0.05) is 227 Å². The highest BCUT2D eigenvalue weighted by Gasteiger charge is 2.22. The van der Waals surface area contributed by atoms with Crippen LogP contribution in [0.3, 0.4) is 0 Å². The number of nitrogens with zero attached hydrogens (tertiary/aromatic N) is 5. The number of rotatable bonds is 64. The third-order valence-corrected chi connectivity index (χ3v) is 18.8. The predicted octanol–water partition coefficient (Wildman–Crippen LogP) is 17.7. The average molecular weight is 1270 g/mol. The quantitative estimate of drug-likeness (QED) is 0.0350. The second-order valence-corrected chi connectivity index (χ2v) is 29.1. The van der Waals surface area contributed by atoms with Crippen molar-refractivity contribution in [2.24, 2.45) is 0 Å². The summed E-state index contributed by atoms with van der Waals surface area (Å²) in [7, 11) is -2.09. The van der Waals surface area contributed by atoms with E-state index in [0.29, 0.717) is 39.0 Å². The maximum absolute atomic E-state index is 13.4. The fourth-order valence-electron chi connectivity index (χ4n) is 10.9. The number of likely N-dealkylation sites (N-methyl/N-ethyl adjacent to an activating group) is 1. The van der Waals surface area contributed by atoms with Crippen LogP contribution >= 0.6 is 58.0 Å². The molecule has 5 unspecified atom stereocenters. The minimum absolute atomic E-state index is 0.00197. The number of carbonyl (C=O) groups is 1. The van der Waals surface area contributed by atoms with Crippen LogP contribution in [0.2, 0.25) is 0 Å². The Labute approximate surface area is 528 Å². The van der Waals surface area contributed by atoms with Crippen molar-refractivity contribution in [1.82, 2.24) is 29.8 Å². The number of nitrogens with one attached hydrogen (secondary N) is 1. The highest BCUT2D eigenvalue weighted by molar-refractivity contribution is 7.85. The Morgan fingerprint density at radius 2 is 0.642 bits per heavy atom. The van der Waals surface area contributed by atoms with Gasteiger partial charge in [0.15, 0.2) is 0 Å². The third-order valence-electron chi connectivity index (χ3n) is 16.2. The lowest BCUT2D eigenvalue weighted by molar-refractivity contribution is -0.121. The lowest BCUT2D eigenvalue weighted by atomic mass is 10.1. The number of hydrogen-bond acceptors (Lipinski definition) is 8. The molecule has 0 heterocycles. The first-order valence-corrected chi connectivity index (χ1v) is 37.8. The number of unbranched alkanes of at least 4 members (excludes halogenated alkanes) is 25. The van der Waals surface area contributed by atoms with Gasteiger partial charge in [-0.2, -0.15) is 8.42 Å². The van der Waals surface area contributed by atoms with Crippen LogP contribution in [-0.4, -0.2) is 181 Å². The molecule has 0 aromatic carbocycles. The SMILES string of the molecule is CCCCCCCCC(Cl)CN(CCC(=O)NCCN(C)CCCS(=O)(=O)O)CCN(CCN(CC(Cl)CCCCCCCC)CC(Cl)CCCCCCCC)CCN(CC(Cl)CCCCCCCC)CC(Cl)CCCCCCCC. The Kier molecular flexibility index (Phi) is 58.8. The van der Waals surface area contributed by atoms with Crippen molar-refractivity contribution in [3.63, 3.8) is 0 Å². The zero-order valence-electron chi connectivity index (χ0n) is 53.6. The fraction of sp³-hybridized carbons (Fsp3) is 0.985. The van der Waals surface area contributed by atoms with Crippen LogP contribution < -0.4 is 5.32 Å². The van der Waals surface area contributed by atoms with Crippen molar-refractivity contribution >= 4 is 74.0 Å². The number of amides is 1. The maximum atomic E-state index is 13.4. The summed E-state index contributed by atoms with van der Waals surface area (Å²) < 4.78 is 31.6. The van der Waals surface area contributed by atoms with Crippen LogP contribution in [0.25, 0.3) is 0 Å². The van der Waals surface area contributed by atoms with Gasteiger partial charge >= 0.3 is 0 Å². The van der Waals surface area contributed by atoms with Gasteiger partial charge in [0.05, 0.1) is 5.75 Å². The molecule has 0 aliphatic carbocycles. The average Bonchev–Trinajstić information content (AvgIpc) is 3.41. The lowest BCUT2D eigenvalue weighted by Crippen LogP contribution is -2.47. The summed E-state index contributed by atoms with van der Waals surface area (Å²) >= 11 is 36.3. The standard InChI is InChI=1S/C65H131Cl5N6O4S/c1-7-12-17-22-27-32-38-60(66)55-74(46-43-65(77)71-44-47-72(6)45-37-54-81(78,79)80)51-48-73(49-52-75(56-61(67)39-33-28-23-18-13-8-2)57-62(68)40-34-29-24-19-14-9-3)50-53-76(58-63(69)41-35-30-25-20-15-10-4)59-64(70)42-36-31-26-21-16-11-5/h60-64H,7-59H2,1-6H3,(H,71,77)(H,78,79,80). The van der Waals surface area contributed by atoms with Crippen molar-refractivity contribution in [2.45, 2.75) is 299 Å². The van der Waals surface area contributed by atoms with Gasteiger partial charge in [0, 0.05) is 125 Å². The van der Waals surface area contributed by atoms with E-state index in [1.165, 1.54) is 186 Å². The van der Waals surface area contributed by atoms with Crippen LogP contribution in [-0.2, 0) is 14.9 Å². The molecule has 0 bridgehead atoms. The number of hydrogen-bond donors (Lipinski definition) is 2. The fourth-order valence-corrected chi connectivity index (χ4v) is 13.2. The molecule has 10 nitrogen and oxygen atoms in total. The van der Waals surface area contributed by atoms with E-state index in [-0.39, 0.29) is 38.5 Å². The van der Waals surface area contributed by atoms with Gasteiger partial charge in [-0.05, 0) is 52.1 Å². The molecule has 5 atom stereocenters. The van der Waals surface area contributed by atoms with Crippen molar-refractivity contribution in [1.29, 1.82) is 0 Å². The van der Waals surface area contributed by atoms with Crippen LogP contribution in [0.4, 0.5) is 0 Å². The molecular weight excluding hydrogens is 1140 g/mol. The van der Waals surface area contributed by atoms with Crippen molar-refractivity contribution in [3.8, 4) is 0 Å². The summed E-state index contributed by atoms with van der Waals surface area (Å²) in [6.45, 7) is 22.8. The molecule has 486 valence electrons. The van der Waals surface area contributed by atoms with E-state index >= 15 is 0 Å². The third kappa shape index (κ3) is 56.9. The second kappa shape index (κ2) is 58.3. The summed E-state index contributed by atoms with van der Waals surface area (Å²) in [5.41, 5.74) is 0. The van der Waals surface area contributed by atoms with Gasteiger partial charge in [0.1, 0.15) is 0 Å². The number of alkyl halides is 5. The van der Waals surface area contributed by atoms with Gasteiger partial charge in [-0.25, -0.2) is 0 Å². The van der Waals surface area contributed by atoms with Gasteiger partial charge in [-0.15, -0.1) is 58.0 Å². The topological polar surface area (TPSA) is 99.7 Å². The first-order chi connectivity index (χ1) is 39.0. The van der Waals surface area contributed by atoms with E-state index in [9.17, 15) is 13.2 Å². The Balaban J connectivity index is 6.68. The van der Waals surface area contributed by atoms with Crippen LogP contribution in [0, 0.1) is 0 Å². The molecule has 0 spiro atoms. The lowest BCUT2D eigenvalue weighted by Gasteiger charge is -2.34. The van der Waals surface area contributed by atoms with Gasteiger partial charge in [-0.3, -0.25) is 24.0 Å². The summed E-state index contributed by atoms with van der Waals surface area (Å²) in [4.78, 5) is 25.6. The van der Waals surface area contributed by atoms with Crippen molar-refractivity contribution < 1.29 is 17.8 Å². The molecule has 1 amide bonds. The van der Waals surface area contributed by atoms with E-state index < -0.39 is 10.1 Å². The van der Waals surface area contributed by atoms with Crippen molar-refractivity contribution in [2.75, 3.05) is 111 Å². The Hall–Kier alpha value is 0.630. The summed E-state index contributed by atoms with van der Waals surface area (Å²) in [5, 5.41) is 3.42. The Bertz CT molecular complexity index is 1360. The molecule has 16 heteroatoms. The maximum Gasteiger partial charge on any atom is 0.264 e. The smallest absolute Gasteiger partial charge is 0.264 e. The molecule has 0 saturated heterocycles. The summed E-state index contributed by atoms with van der Waals surface area (Å²) in [6, 6.07) is 0. The van der Waals surface area contributed by atoms with E-state index in [1.807, 2.05) is 11.9 Å². The minimum Gasteiger partial charge on any atom is -0.355 e. The second-order valence-electron chi connectivity index (χ2n) is 24.5. The molecule has 81 heavy (non-hydrogen) atoms. The first kappa shape index (κ1) is 81.6. The molecule has 0 aromatic rings. The normalized spacial score (nSPS) is 14.3. The van der Waals surface area contributed by atoms with Gasteiger partial charge in [0.25, 0.3) is 10.1 Å². The predicted molar refractivity (Wildman–Crippen MR) is 360 cm³/mol. The minimum atomic E-state index is -3.99. The zero-order chi connectivity index (χ0) is 60.0. The Morgan fingerprint density at radius 3 is 0.951 bits per heavy atom. The molecule has 2 N–H and O–H groups in total. The summed E-state index contributed by atoms with van der Waals surface area (Å²) in [5.74, 6) is -0.271. The molecule has 0 fully saturated rings. The zero-order valence-corrected chi connectivity index (χ0v) is 58.2. The molecule has 0 aliphatic heterocycles. The van der Waals surface area contributed by atoms with Crippen LogP contribution in [0.15, 0.2) is 0 Å². The molecule has 0 rings (SSSR count). The first-order valence-electron chi connectivity index (χ1n) is 34.0.